The van der Waals surface area contributed by atoms with Crippen molar-refractivity contribution in [1.82, 2.24) is 9.55 Å². The molecule has 7 nitrogen and oxygen atoms in total. The highest BCUT2D eigenvalue weighted by atomic mass is 79.9. The fraction of sp³-hybridized carbons (Fsp3) is 0.300. The number of ketones is 1. The Labute approximate surface area is 233 Å². The van der Waals surface area contributed by atoms with Crippen LogP contribution < -0.4 is 10.3 Å². The molecule has 3 heterocycles. The van der Waals surface area contributed by atoms with Crippen LogP contribution in [0, 0.1) is 5.82 Å². The molecular weight excluding hydrogens is 567 g/mol. The molecule has 0 bridgehead atoms. The smallest absolute Gasteiger partial charge is 0.265 e. The van der Waals surface area contributed by atoms with E-state index in [4.69, 9.17) is 19.2 Å². The zero-order valence-electron chi connectivity index (χ0n) is 21.9. The third kappa shape index (κ3) is 5.80. The van der Waals surface area contributed by atoms with E-state index in [-0.39, 0.29) is 30.3 Å². The van der Waals surface area contributed by atoms with Crippen molar-refractivity contribution in [1.29, 1.82) is 0 Å². The van der Waals surface area contributed by atoms with Gasteiger partial charge in [0.15, 0.2) is 17.3 Å². The fourth-order valence-electron chi connectivity index (χ4n) is 4.74. The Kier molecular flexibility index (Phi) is 7.66. The van der Waals surface area contributed by atoms with Crippen LogP contribution >= 0.6 is 15.9 Å². The number of benzene rings is 2. The van der Waals surface area contributed by atoms with Gasteiger partial charge in [-0.25, -0.2) is 4.39 Å². The van der Waals surface area contributed by atoms with Crippen molar-refractivity contribution in [2.75, 3.05) is 6.61 Å². The molecule has 0 aliphatic carbocycles. The second-order valence-electron chi connectivity index (χ2n) is 10.00. The minimum absolute atomic E-state index is 0.0673. The quantitative estimate of drug-likeness (QED) is 0.239. The highest BCUT2D eigenvalue weighted by molar-refractivity contribution is 9.10. The van der Waals surface area contributed by atoms with Crippen LogP contribution in [0.15, 0.2) is 70.1 Å². The van der Waals surface area contributed by atoms with E-state index in [1.165, 1.54) is 23.6 Å². The first-order valence-corrected chi connectivity index (χ1v) is 13.4. The molecule has 5 rings (SSSR count). The van der Waals surface area contributed by atoms with Crippen LogP contribution in [0.25, 0.3) is 11.0 Å². The monoisotopic (exact) mass is 594 g/mol. The molecule has 0 spiro atoms. The van der Waals surface area contributed by atoms with Crippen LogP contribution in [0.5, 0.6) is 5.75 Å². The van der Waals surface area contributed by atoms with E-state index in [0.717, 1.165) is 16.7 Å². The van der Waals surface area contributed by atoms with Crippen LogP contribution in [-0.2, 0) is 29.0 Å². The number of fused-ring (bicyclic) bond motifs is 1. The highest BCUT2D eigenvalue weighted by Gasteiger charge is 2.34. The standard InChI is InChI=1S/C30H28BrFN2O5/c1-18(35)24-28(37-16-20-7-5-4-6-8-20)26-27(34(29(24)36)15-23-17-38-30(2,3)39-23)25(31)21(14-33-26)13-19-9-11-22(32)12-10-19/h4-12,14,23H,13,15-17H2,1-3H3/t23-/m1/s1. The van der Waals surface area contributed by atoms with E-state index in [9.17, 15) is 14.0 Å². The average Bonchev–Trinajstić information content (AvgIpc) is 3.25. The molecule has 1 aliphatic rings. The maximum Gasteiger partial charge on any atom is 0.265 e. The minimum Gasteiger partial charge on any atom is -0.486 e. The Hall–Kier alpha value is -3.40. The van der Waals surface area contributed by atoms with Crippen LogP contribution in [0.1, 0.15) is 47.8 Å². The zero-order chi connectivity index (χ0) is 27.7. The molecule has 4 aromatic rings. The third-order valence-electron chi connectivity index (χ3n) is 6.57. The topological polar surface area (TPSA) is 79.7 Å². The molecule has 9 heteroatoms. The molecule has 39 heavy (non-hydrogen) atoms. The molecule has 2 aromatic carbocycles. The summed E-state index contributed by atoms with van der Waals surface area (Å²) in [6.45, 7) is 5.57. The van der Waals surface area contributed by atoms with E-state index >= 15 is 0 Å². The molecule has 1 saturated heterocycles. The molecule has 0 N–H and O–H groups in total. The van der Waals surface area contributed by atoms with Gasteiger partial charge >= 0.3 is 0 Å². The molecule has 0 radical (unpaired) electrons. The van der Waals surface area contributed by atoms with Gasteiger partial charge in [0.05, 0.1) is 18.7 Å². The second-order valence-corrected chi connectivity index (χ2v) is 10.8. The summed E-state index contributed by atoms with van der Waals surface area (Å²) in [6, 6.07) is 15.7. The number of carbonyl (C=O) groups is 1. The number of pyridine rings is 2. The summed E-state index contributed by atoms with van der Waals surface area (Å²) >= 11 is 3.72. The van der Waals surface area contributed by atoms with Crippen molar-refractivity contribution in [3.8, 4) is 5.75 Å². The number of nitrogens with zero attached hydrogens (tertiary/aromatic N) is 2. The highest BCUT2D eigenvalue weighted by Crippen LogP contribution is 2.35. The Morgan fingerprint density at radius 2 is 1.87 bits per heavy atom. The molecule has 1 aliphatic heterocycles. The van der Waals surface area contributed by atoms with Crippen molar-refractivity contribution in [2.45, 2.75) is 52.2 Å². The van der Waals surface area contributed by atoms with Crippen LogP contribution in [-0.4, -0.2) is 33.8 Å². The molecule has 0 unspecified atom stereocenters. The van der Waals surface area contributed by atoms with E-state index in [1.807, 2.05) is 44.2 Å². The summed E-state index contributed by atoms with van der Waals surface area (Å²) in [4.78, 5) is 31.5. The van der Waals surface area contributed by atoms with Gasteiger partial charge in [0.1, 0.15) is 29.6 Å². The largest absolute Gasteiger partial charge is 0.486 e. The molecule has 1 atom stereocenters. The summed E-state index contributed by atoms with van der Waals surface area (Å²) in [5.74, 6) is -1.38. The van der Waals surface area contributed by atoms with Crippen molar-refractivity contribution >= 4 is 32.7 Å². The summed E-state index contributed by atoms with van der Waals surface area (Å²) in [5.41, 5.74) is 2.85. The molecular formula is C30H28BrFN2O5. The van der Waals surface area contributed by atoms with Crippen molar-refractivity contribution < 1.29 is 23.4 Å². The van der Waals surface area contributed by atoms with Gasteiger partial charge < -0.3 is 18.8 Å². The average molecular weight is 595 g/mol. The predicted molar refractivity (Wildman–Crippen MR) is 149 cm³/mol. The number of halogens is 2. The van der Waals surface area contributed by atoms with E-state index in [1.54, 1.807) is 18.3 Å². The van der Waals surface area contributed by atoms with E-state index in [2.05, 4.69) is 15.9 Å². The number of Topliss-reactive ketones (excluding diaryl/α,β-unsaturated/α-hetero) is 1. The third-order valence-corrected chi connectivity index (χ3v) is 7.46. The van der Waals surface area contributed by atoms with Gasteiger partial charge in [-0.15, -0.1) is 0 Å². The predicted octanol–water partition coefficient (Wildman–Crippen LogP) is 5.82. The van der Waals surface area contributed by atoms with Gasteiger partial charge in [-0.2, -0.15) is 0 Å². The first-order chi connectivity index (χ1) is 18.6. The van der Waals surface area contributed by atoms with Crippen LogP contribution in [0.4, 0.5) is 4.39 Å². The van der Waals surface area contributed by atoms with Crippen molar-refractivity contribution in [3.63, 3.8) is 0 Å². The summed E-state index contributed by atoms with van der Waals surface area (Å²) in [6.07, 6.45) is 1.72. The van der Waals surface area contributed by atoms with Crippen molar-refractivity contribution in [2.24, 2.45) is 0 Å². The first-order valence-electron chi connectivity index (χ1n) is 12.6. The molecule has 202 valence electrons. The fourth-order valence-corrected chi connectivity index (χ4v) is 5.38. The maximum atomic E-state index is 13.9. The van der Waals surface area contributed by atoms with Crippen molar-refractivity contribution in [3.05, 3.63) is 104 Å². The van der Waals surface area contributed by atoms with Gasteiger partial charge in [-0.1, -0.05) is 42.5 Å². The summed E-state index contributed by atoms with van der Waals surface area (Å²) in [5, 5.41) is 0. The molecule has 0 amide bonds. The summed E-state index contributed by atoms with van der Waals surface area (Å²) in [7, 11) is 0. The van der Waals surface area contributed by atoms with Gasteiger partial charge in [0, 0.05) is 17.1 Å². The molecule has 1 fully saturated rings. The molecule has 2 aromatic heterocycles. The second kappa shape index (κ2) is 11.0. The van der Waals surface area contributed by atoms with E-state index < -0.39 is 23.2 Å². The number of aromatic nitrogens is 2. The summed E-state index contributed by atoms with van der Waals surface area (Å²) < 4.78 is 33.5. The lowest BCUT2D eigenvalue weighted by atomic mass is 10.0. The number of hydrogen-bond donors (Lipinski definition) is 0. The number of carbonyl (C=O) groups excluding carboxylic acids is 1. The Balaban J connectivity index is 1.67. The first kappa shape index (κ1) is 27.2. The Bertz CT molecular complexity index is 1590. The lowest BCUT2D eigenvalue weighted by molar-refractivity contribution is -0.139. The SMILES string of the molecule is CC(=O)c1c(OCc2ccccc2)c2ncc(Cc3ccc(F)cc3)c(Br)c2n(C[C@@H]2COC(C)(C)O2)c1=O. The normalized spacial score (nSPS) is 16.5. The number of ether oxygens (including phenoxy) is 3. The lowest BCUT2D eigenvalue weighted by Crippen LogP contribution is -2.33. The number of hydrogen-bond acceptors (Lipinski definition) is 6. The molecule has 0 saturated carbocycles. The van der Waals surface area contributed by atoms with Gasteiger partial charge in [0.2, 0.25) is 0 Å². The Morgan fingerprint density at radius 1 is 1.15 bits per heavy atom. The van der Waals surface area contributed by atoms with Crippen LogP contribution in [0.3, 0.4) is 0 Å². The van der Waals surface area contributed by atoms with Gasteiger partial charge in [-0.3, -0.25) is 14.6 Å². The maximum absolute atomic E-state index is 13.9. The lowest BCUT2D eigenvalue weighted by Gasteiger charge is -2.21. The minimum atomic E-state index is -0.782. The number of rotatable bonds is 8. The van der Waals surface area contributed by atoms with E-state index in [0.29, 0.717) is 28.5 Å². The zero-order valence-corrected chi connectivity index (χ0v) is 23.5. The van der Waals surface area contributed by atoms with Gasteiger partial charge in [-0.05, 0) is 65.5 Å². The Morgan fingerprint density at radius 3 is 2.51 bits per heavy atom. The van der Waals surface area contributed by atoms with Gasteiger partial charge in [0.25, 0.3) is 5.56 Å². The van der Waals surface area contributed by atoms with Crippen LogP contribution in [0.2, 0.25) is 0 Å².